The molecule has 0 aliphatic heterocycles. The number of methoxy groups -OCH3 is 1. The predicted octanol–water partition coefficient (Wildman–Crippen LogP) is 2.42. The van der Waals surface area contributed by atoms with Gasteiger partial charge in [-0.15, -0.1) is 0 Å². The number of carbonyl (C=O) groups is 2. The molecule has 0 fully saturated rings. The van der Waals surface area contributed by atoms with Crippen LogP contribution in [0.15, 0.2) is 18.2 Å². The molecular weight excluding hydrogens is 216 g/mol. The van der Waals surface area contributed by atoms with E-state index in [1.54, 1.807) is 13.2 Å². The zero-order valence-corrected chi connectivity index (χ0v) is 10.2. The number of ether oxygens (including phenoxy) is 1. The van der Waals surface area contributed by atoms with Crippen LogP contribution in [0.4, 0.5) is 0 Å². The molecule has 0 N–H and O–H groups in total. The normalized spacial score (nSPS) is 18.0. The number of hydrogen-bond acceptors (Lipinski definition) is 3. The van der Waals surface area contributed by atoms with E-state index in [1.807, 2.05) is 19.1 Å². The zero-order valence-electron chi connectivity index (χ0n) is 10.2. The van der Waals surface area contributed by atoms with Gasteiger partial charge in [0.25, 0.3) is 0 Å². The van der Waals surface area contributed by atoms with Gasteiger partial charge in [-0.1, -0.05) is 13.0 Å². The van der Waals surface area contributed by atoms with Crippen LogP contribution in [0.1, 0.15) is 35.7 Å². The number of benzene rings is 1. The first-order chi connectivity index (χ1) is 8.17. The highest BCUT2D eigenvalue weighted by atomic mass is 16.5. The Morgan fingerprint density at radius 3 is 2.88 bits per heavy atom. The van der Waals surface area contributed by atoms with Crippen molar-refractivity contribution in [2.24, 2.45) is 5.92 Å². The summed E-state index contributed by atoms with van der Waals surface area (Å²) in [5, 5.41) is 0. The minimum atomic E-state index is -0.461. The van der Waals surface area contributed by atoms with Crippen LogP contribution < -0.4 is 4.74 Å². The standard InChI is InChI=1S/C14H16O3/c1-3-4-13(15)12-7-9-5-6-10(17-2)8-11(9)14(12)16/h5-6,8,12H,3-4,7H2,1-2H3. The van der Waals surface area contributed by atoms with E-state index in [9.17, 15) is 9.59 Å². The van der Waals surface area contributed by atoms with Crippen LogP contribution in [0.2, 0.25) is 0 Å². The van der Waals surface area contributed by atoms with Crippen molar-refractivity contribution in [1.82, 2.24) is 0 Å². The highest BCUT2D eigenvalue weighted by Crippen LogP contribution is 2.31. The molecule has 0 saturated carbocycles. The lowest BCUT2D eigenvalue weighted by Crippen LogP contribution is -2.20. The molecule has 17 heavy (non-hydrogen) atoms. The first-order valence-corrected chi connectivity index (χ1v) is 5.91. The Morgan fingerprint density at radius 2 is 2.24 bits per heavy atom. The summed E-state index contributed by atoms with van der Waals surface area (Å²) in [4.78, 5) is 23.9. The van der Waals surface area contributed by atoms with Crippen LogP contribution in [-0.2, 0) is 11.2 Å². The largest absolute Gasteiger partial charge is 0.497 e. The lowest BCUT2D eigenvalue weighted by Gasteiger charge is -2.04. The Labute approximate surface area is 101 Å². The third kappa shape index (κ3) is 2.09. The molecule has 1 aromatic rings. The van der Waals surface area contributed by atoms with Gasteiger partial charge >= 0.3 is 0 Å². The number of hydrogen-bond donors (Lipinski definition) is 0. The molecule has 3 nitrogen and oxygen atoms in total. The third-order valence-electron chi connectivity index (χ3n) is 3.21. The summed E-state index contributed by atoms with van der Waals surface area (Å²) in [6.07, 6.45) is 1.83. The highest BCUT2D eigenvalue weighted by Gasteiger charge is 2.35. The number of carbonyl (C=O) groups excluding carboxylic acids is 2. The molecule has 1 aromatic carbocycles. The fourth-order valence-electron chi connectivity index (χ4n) is 2.27. The summed E-state index contributed by atoms with van der Waals surface area (Å²) in [7, 11) is 1.57. The van der Waals surface area contributed by atoms with Crippen molar-refractivity contribution >= 4 is 11.6 Å². The minimum Gasteiger partial charge on any atom is -0.497 e. The van der Waals surface area contributed by atoms with Crippen molar-refractivity contribution < 1.29 is 14.3 Å². The molecule has 0 spiro atoms. The average Bonchev–Trinajstić information content (AvgIpc) is 2.67. The smallest absolute Gasteiger partial charge is 0.174 e. The van der Waals surface area contributed by atoms with Crippen molar-refractivity contribution in [3.8, 4) is 5.75 Å². The molecule has 0 radical (unpaired) electrons. The van der Waals surface area contributed by atoms with Crippen molar-refractivity contribution in [2.45, 2.75) is 26.2 Å². The van der Waals surface area contributed by atoms with Crippen LogP contribution in [0.3, 0.4) is 0 Å². The zero-order chi connectivity index (χ0) is 12.4. The van der Waals surface area contributed by atoms with Gasteiger partial charge in [0.2, 0.25) is 0 Å². The summed E-state index contributed by atoms with van der Waals surface area (Å²) >= 11 is 0. The van der Waals surface area contributed by atoms with Gasteiger partial charge in [0.15, 0.2) is 5.78 Å². The van der Waals surface area contributed by atoms with E-state index < -0.39 is 5.92 Å². The topological polar surface area (TPSA) is 43.4 Å². The van der Waals surface area contributed by atoms with Crippen LogP contribution in [-0.4, -0.2) is 18.7 Å². The molecule has 3 heteroatoms. The van der Waals surface area contributed by atoms with E-state index in [4.69, 9.17) is 4.74 Å². The second kappa shape index (κ2) is 4.70. The summed E-state index contributed by atoms with van der Waals surface area (Å²) in [6.45, 7) is 1.95. The molecule has 1 atom stereocenters. The molecule has 0 aromatic heterocycles. The van der Waals surface area contributed by atoms with Crippen LogP contribution in [0, 0.1) is 5.92 Å². The lowest BCUT2D eigenvalue weighted by atomic mass is 9.97. The average molecular weight is 232 g/mol. The van der Waals surface area contributed by atoms with Gasteiger partial charge in [-0.2, -0.15) is 0 Å². The van der Waals surface area contributed by atoms with Crippen molar-refractivity contribution in [1.29, 1.82) is 0 Å². The second-order valence-electron chi connectivity index (χ2n) is 4.36. The van der Waals surface area contributed by atoms with Gasteiger partial charge in [0.05, 0.1) is 13.0 Å². The van der Waals surface area contributed by atoms with Crippen molar-refractivity contribution in [3.63, 3.8) is 0 Å². The monoisotopic (exact) mass is 232 g/mol. The third-order valence-corrected chi connectivity index (χ3v) is 3.21. The van der Waals surface area contributed by atoms with E-state index in [2.05, 4.69) is 0 Å². The molecular formula is C14H16O3. The fourth-order valence-corrected chi connectivity index (χ4v) is 2.27. The maximum absolute atomic E-state index is 12.1. The summed E-state index contributed by atoms with van der Waals surface area (Å²) in [5.41, 5.74) is 1.61. The van der Waals surface area contributed by atoms with Crippen molar-refractivity contribution in [2.75, 3.05) is 7.11 Å². The Morgan fingerprint density at radius 1 is 1.47 bits per heavy atom. The van der Waals surface area contributed by atoms with E-state index >= 15 is 0 Å². The summed E-state index contributed by atoms with van der Waals surface area (Å²) < 4.78 is 5.09. The van der Waals surface area contributed by atoms with E-state index in [-0.39, 0.29) is 11.6 Å². The number of Topliss-reactive ketones (excluding diaryl/α,β-unsaturated/α-hetero) is 2. The second-order valence-corrected chi connectivity index (χ2v) is 4.36. The Balaban J connectivity index is 2.26. The van der Waals surface area contributed by atoms with E-state index in [1.165, 1.54) is 0 Å². The maximum Gasteiger partial charge on any atom is 0.174 e. The lowest BCUT2D eigenvalue weighted by molar-refractivity contribution is -0.121. The summed E-state index contributed by atoms with van der Waals surface area (Å²) in [6, 6.07) is 5.45. The van der Waals surface area contributed by atoms with Gasteiger partial charge < -0.3 is 4.74 Å². The Hall–Kier alpha value is -1.64. The first kappa shape index (κ1) is 11.8. The molecule has 0 amide bonds. The van der Waals surface area contributed by atoms with Gasteiger partial charge in [-0.25, -0.2) is 0 Å². The number of ketones is 2. The maximum atomic E-state index is 12.1. The minimum absolute atomic E-state index is 0.0441. The van der Waals surface area contributed by atoms with E-state index in [0.29, 0.717) is 24.2 Å². The first-order valence-electron chi connectivity index (χ1n) is 5.91. The highest BCUT2D eigenvalue weighted by molar-refractivity contribution is 6.14. The SMILES string of the molecule is CCCC(=O)C1Cc2ccc(OC)cc2C1=O. The molecule has 90 valence electrons. The molecule has 1 aliphatic rings. The molecule has 2 rings (SSSR count). The molecule has 0 saturated heterocycles. The number of rotatable bonds is 4. The molecule has 0 bridgehead atoms. The fraction of sp³-hybridized carbons (Fsp3) is 0.429. The number of fused-ring (bicyclic) bond motifs is 1. The van der Waals surface area contributed by atoms with Crippen LogP contribution in [0.5, 0.6) is 5.75 Å². The summed E-state index contributed by atoms with van der Waals surface area (Å²) in [5.74, 6) is 0.225. The van der Waals surface area contributed by atoms with E-state index in [0.717, 1.165) is 12.0 Å². The van der Waals surface area contributed by atoms with Gasteiger partial charge in [-0.05, 0) is 30.5 Å². The Bertz CT molecular complexity index is 463. The van der Waals surface area contributed by atoms with Gasteiger partial charge in [0.1, 0.15) is 11.5 Å². The van der Waals surface area contributed by atoms with Gasteiger partial charge in [0, 0.05) is 12.0 Å². The molecule has 0 heterocycles. The van der Waals surface area contributed by atoms with Gasteiger partial charge in [-0.3, -0.25) is 9.59 Å². The van der Waals surface area contributed by atoms with Crippen LogP contribution >= 0.6 is 0 Å². The van der Waals surface area contributed by atoms with Crippen LogP contribution in [0.25, 0.3) is 0 Å². The Kier molecular flexibility index (Phi) is 3.27. The molecule has 1 unspecified atom stereocenters. The predicted molar refractivity (Wildman–Crippen MR) is 64.4 cm³/mol. The quantitative estimate of drug-likeness (QED) is 0.749. The molecule has 1 aliphatic carbocycles. The van der Waals surface area contributed by atoms with Crippen molar-refractivity contribution in [3.05, 3.63) is 29.3 Å².